The van der Waals surface area contributed by atoms with Crippen LogP contribution in [0.25, 0.3) is 0 Å². The van der Waals surface area contributed by atoms with E-state index in [4.69, 9.17) is 11.6 Å². The molecule has 2 atom stereocenters. The Morgan fingerprint density at radius 1 is 1.00 bits per heavy atom. The van der Waals surface area contributed by atoms with Crippen LogP contribution in [-0.4, -0.2) is 59.9 Å². The molecule has 3 aliphatic rings. The van der Waals surface area contributed by atoms with E-state index >= 15 is 0 Å². The molecule has 1 aliphatic carbocycles. The molecule has 7 nitrogen and oxygen atoms in total. The van der Waals surface area contributed by atoms with Gasteiger partial charge in [0.05, 0.1) is 11.5 Å². The predicted molar refractivity (Wildman–Crippen MR) is 160 cm³/mol. The van der Waals surface area contributed by atoms with Crippen molar-refractivity contribution in [2.45, 2.75) is 115 Å². The lowest BCUT2D eigenvalue weighted by Crippen LogP contribution is -2.57. The number of benzene rings is 1. The van der Waals surface area contributed by atoms with Crippen LogP contribution in [0.1, 0.15) is 97.0 Å². The maximum atomic E-state index is 13.7. The summed E-state index contributed by atoms with van der Waals surface area (Å²) in [6.07, 6.45) is 10.9. The zero-order valence-corrected chi connectivity index (χ0v) is 25.5. The van der Waals surface area contributed by atoms with Gasteiger partial charge in [0, 0.05) is 36.1 Å². The molecule has 1 aromatic carbocycles. The number of hydrogen-bond donors (Lipinski definition) is 3. The van der Waals surface area contributed by atoms with Crippen molar-refractivity contribution in [2.75, 3.05) is 19.6 Å². The van der Waals surface area contributed by atoms with E-state index in [1.165, 1.54) is 19.3 Å². The first kappa shape index (κ1) is 30.8. The maximum absolute atomic E-state index is 13.7. The molecule has 0 aromatic heterocycles. The number of carbonyl (C=O) groups is 3. The van der Waals surface area contributed by atoms with Crippen molar-refractivity contribution in [1.82, 2.24) is 20.9 Å². The summed E-state index contributed by atoms with van der Waals surface area (Å²) in [5.41, 5.74) is 0.341. The number of nitrogens with one attached hydrogen (secondary N) is 3. The molecule has 0 bridgehead atoms. The number of likely N-dealkylation sites (tertiary alicyclic amines) is 1. The van der Waals surface area contributed by atoms with Gasteiger partial charge in [0.15, 0.2) is 0 Å². The van der Waals surface area contributed by atoms with Gasteiger partial charge in [-0.25, -0.2) is 0 Å². The summed E-state index contributed by atoms with van der Waals surface area (Å²) < 4.78 is 0. The Bertz CT molecular complexity index is 1000. The molecule has 1 aromatic rings. The smallest absolute Gasteiger partial charge is 0.237 e. The predicted octanol–water partition coefficient (Wildman–Crippen LogP) is 5.00. The van der Waals surface area contributed by atoms with Crippen LogP contribution in [-0.2, 0) is 20.8 Å². The Hall–Kier alpha value is -2.12. The number of halogens is 1. The molecule has 0 spiro atoms. The van der Waals surface area contributed by atoms with E-state index in [1.54, 1.807) is 0 Å². The van der Waals surface area contributed by atoms with Crippen molar-refractivity contribution in [3.05, 3.63) is 34.9 Å². The fourth-order valence-corrected chi connectivity index (χ4v) is 7.02. The summed E-state index contributed by atoms with van der Waals surface area (Å²) in [4.78, 5) is 42.4. The Morgan fingerprint density at radius 3 is 2.25 bits per heavy atom. The van der Waals surface area contributed by atoms with Crippen molar-refractivity contribution < 1.29 is 14.4 Å². The van der Waals surface area contributed by atoms with E-state index in [0.717, 1.165) is 44.2 Å². The molecule has 1 saturated carbocycles. The van der Waals surface area contributed by atoms with E-state index in [-0.39, 0.29) is 41.8 Å². The Labute approximate surface area is 245 Å². The van der Waals surface area contributed by atoms with E-state index in [2.05, 4.69) is 16.0 Å². The first-order valence-corrected chi connectivity index (χ1v) is 15.8. The second-order valence-electron chi connectivity index (χ2n) is 13.3. The number of hydrogen-bond acceptors (Lipinski definition) is 4. The fraction of sp³-hybridized carbons (Fsp3) is 0.719. The number of rotatable bonds is 8. The minimum Gasteiger partial charge on any atom is -0.351 e. The van der Waals surface area contributed by atoms with Crippen LogP contribution >= 0.6 is 11.6 Å². The third-order valence-electron chi connectivity index (χ3n) is 9.13. The quantitative estimate of drug-likeness (QED) is 0.409. The molecule has 2 heterocycles. The minimum atomic E-state index is -0.409. The lowest BCUT2D eigenvalue weighted by molar-refractivity contribution is -0.146. The van der Waals surface area contributed by atoms with Crippen LogP contribution in [0.5, 0.6) is 0 Å². The van der Waals surface area contributed by atoms with Crippen LogP contribution in [0.2, 0.25) is 5.02 Å². The van der Waals surface area contributed by atoms with E-state index in [0.29, 0.717) is 43.3 Å². The van der Waals surface area contributed by atoms with E-state index < -0.39 is 5.41 Å². The normalized spacial score (nSPS) is 22.8. The Kier molecular flexibility index (Phi) is 10.6. The monoisotopic (exact) mass is 572 g/mol. The molecule has 0 unspecified atom stereocenters. The van der Waals surface area contributed by atoms with Gasteiger partial charge in [-0.1, -0.05) is 49.4 Å². The molecule has 2 aliphatic heterocycles. The van der Waals surface area contributed by atoms with Gasteiger partial charge in [-0.15, -0.1) is 0 Å². The lowest BCUT2D eigenvalue weighted by atomic mass is 9.63. The van der Waals surface area contributed by atoms with Gasteiger partial charge in [0.2, 0.25) is 17.7 Å². The highest BCUT2D eigenvalue weighted by Gasteiger charge is 2.48. The van der Waals surface area contributed by atoms with Crippen LogP contribution in [0.3, 0.4) is 0 Å². The van der Waals surface area contributed by atoms with Crippen molar-refractivity contribution in [1.29, 1.82) is 0 Å². The third-order valence-corrected chi connectivity index (χ3v) is 9.38. The van der Waals surface area contributed by atoms with E-state index in [1.807, 2.05) is 49.9 Å². The van der Waals surface area contributed by atoms with Crippen molar-refractivity contribution >= 4 is 29.3 Å². The Balaban J connectivity index is 1.43. The van der Waals surface area contributed by atoms with Crippen LogP contribution < -0.4 is 16.0 Å². The third kappa shape index (κ3) is 8.22. The number of carbonyl (C=O) groups excluding carboxylic acids is 3. The molecule has 3 N–H and O–H groups in total. The van der Waals surface area contributed by atoms with Crippen molar-refractivity contribution in [3.63, 3.8) is 0 Å². The summed E-state index contributed by atoms with van der Waals surface area (Å²) in [6, 6.07) is 7.09. The van der Waals surface area contributed by atoms with Crippen LogP contribution in [0, 0.1) is 11.3 Å². The van der Waals surface area contributed by atoms with Crippen molar-refractivity contribution in [3.8, 4) is 0 Å². The Morgan fingerprint density at radius 2 is 1.65 bits per heavy atom. The highest BCUT2D eigenvalue weighted by atomic mass is 35.5. The molecular weight excluding hydrogens is 524 g/mol. The van der Waals surface area contributed by atoms with Crippen LogP contribution in [0.4, 0.5) is 0 Å². The topological polar surface area (TPSA) is 90.5 Å². The molecule has 8 heteroatoms. The average Bonchev–Trinajstić information content (AvgIpc) is 2.94. The van der Waals surface area contributed by atoms with Gasteiger partial charge in [-0.3, -0.25) is 14.4 Å². The lowest BCUT2D eigenvalue weighted by Gasteiger charge is -2.47. The highest BCUT2D eigenvalue weighted by Crippen LogP contribution is 2.46. The summed E-state index contributed by atoms with van der Waals surface area (Å²) in [7, 11) is 0. The zero-order valence-electron chi connectivity index (χ0n) is 24.7. The van der Waals surface area contributed by atoms with Gasteiger partial charge in [0.1, 0.15) is 0 Å². The molecule has 222 valence electrons. The van der Waals surface area contributed by atoms with Gasteiger partial charge in [-0.2, -0.15) is 0 Å². The summed E-state index contributed by atoms with van der Waals surface area (Å²) in [5.74, 6) is 0.553. The molecule has 4 rings (SSSR count). The first-order chi connectivity index (χ1) is 19.1. The first-order valence-electron chi connectivity index (χ1n) is 15.4. The molecule has 3 fully saturated rings. The number of amides is 3. The molecule has 0 radical (unpaired) electrons. The van der Waals surface area contributed by atoms with Crippen molar-refractivity contribution in [2.24, 2.45) is 11.3 Å². The second kappa shape index (κ2) is 13.7. The van der Waals surface area contributed by atoms with Gasteiger partial charge >= 0.3 is 0 Å². The zero-order chi connectivity index (χ0) is 28.8. The largest absolute Gasteiger partial charge is 0.351 e. The van der Waals surface area contributed by atoms with Crippen LogP contribution in [0.15, 0.2) is 24.3 Å². The van der Waals surface area contributed by atoms with Gasteiger partial charge in [0.25, 0.3) is 0 Å². The maximum Gasteiger partial charge on any atom is 0.237 e. The molecular formula is C32H49ClN4O3. The SMILES string of the molecule is CC(C)(C)NC(=O)C1(C2CCCCC2)CCN(C(=O)C[C@@H](Cc2ccc(Cl)cc2)NC(=O)[C@@H]2CCCCN2)CC1. The standard InChI is InChI=1S/C32H49ClN4O3/c1-31(2,3)36-30(40)32(24-9-5-4-6-10-24)16-19-37(20-17-32)28(38)22-26(21-23-12-14-25(33)15-13-23)35-29(39)27-11-7-8-18-34-27/h12-15,24,26-27,34H,4-11,16-22H2,1-3H3,(H,35,39)(H,36,40)/t26-,27+/m1/s1. The summed E-state index contributed by atoms with van der Waals surface area (Å²) >= 11 is 6.09. The fourth-order valence-electron chi connectivity index (χ4n) is 6.89. The second-order valence-corrected chi connectivity index (χ2v) is 13.8. The summed E-state index contributed by atoms with van der Waals surface area (Å²) in [6.45, 7) is 8.12. The van der Waals surface area contributed by atoms with Gasteiger partial charge in [-0.05, 0) is 95.9 Å². The number of nitrogens with zero attached hydrogens (tertiary/aromatic N) is 1. The highest BCUT2D eigenvalue weighted by molar-refractivity contribution is 6.30. The average molecular weight is 573 g/mol. The summed E-state index contributed by atoms with van der Waals surface area (Å²) in [5, 5.41) is 10.4. The van der Waals surface area contributed by atoms with Gasteiger partial charge < -0.3 is 20.9 Å². The minimum absolute atomic E-state index is 0.0275. The molecule has 3 amide bonds. The van der Waals surface area contributed by atoms with E-state index in [9.17, 15) is 14.4 Å². The number of piperidine rings is 2. The molecule has 40 heavy (non-hydrogen) atoms. The molecule has 2 saturated heterocycles.